The second-order valence-corrected chi connectivity index (χ2v) is 7.44. The SMILES string of the molecule is Cc1cc(C)c(NC(=O)C2(C(=O)NCCc3ccc(F)cc3)CC2)c(C)c1. The Kier molecular flexibility index (Phi) is 5.31. The van der Waals surface area contributed by atoms with Gasteiger partial charge in [-0.15, -0.1) is 0 Å². The number of amides is 2. The van der Waals surface area contributed by atoms with E-state index in [1.165, 1.54) is 12.1 Å². The van der Waals surface area contributed by atoms with Gasteiger partial charge in [0.2, 0.25) is 11.8 Å². The number of carbonyl (C=O) groups excluding carboxylic acids is 2. The number of aryl methyl sites for hydroxylation is 3. The first kappa shape index (κ1) is 19.1. The summed E-state index contributed by atoms with van der Waals surface area (Å²) in [4.78, 5) is 25.4. The normalized spacial score (nSPS) is 14.5. The Morgan fingerprint density at radius 1 is 1.00 bits per heavy atom. The molecule has 2 aromatic rings. The lowest BCUT2D eigenvalue weighted by molar-refractivity contribution is -0.134. The Bertz CT molecular complexity index is 847. The molecule has 0 bridgehead atoms. The summed E-state index contributed by atoms with van der Waals surface area (Å²) in [5, 5.41) is 5.82. The smallest absolute Gasteiger partial charge is 0.240 e. The second kappa shape index (κ2) is 7.51. The third-order valence-corrected chi connectivity index (χ3v) is 5.15. The molecule has 5 heteroatoms. The molecule has 2 N–H and O–H groups in total. The van der Waals surface area contributed by atoms with E-state index in [0.29, 0.717) is 25.8 Å². The van der Waals surface area contributed by atoms with Gasteiger partial charge >= 0.3 is 0 Å². The van der Waals surface area contributed by atoms with E-state index in [4.69, 9.17) is 0 Å². The van der Waals surface area contributed by atoms with Crippen LogP contribution >= 0.6 is 0 Å². The van der Waals surface area contributed by atoms with Crippen LogP contribution in [0.25, 0.3) is 0 Å². The number of carbonyl (C=O) groups is 2. The molecule has 0 aromatic heterocycles. The summed E-state index contributed by atoms with van der Waals surface area (Å²) >= 11 is 0. The fourth-order valence-electron chi connectivity index (χ4n) is 3.43. The molecular formula is C22H25FN2O2. The van der Waals surface area contributed by atoms with Crippen molar-refractivity contribution in [2.75, 3.05) is 11.9 Å². The van der Waals surface area contributed by atoms with Gasteiger partial charge in [0.25, 0.3) is 0 Å². The summed E-state index contributed by atoms with van der Waals surface area (Å²) in [6.07, 6.45) is 1.72. The molecule has 1 fully saturated rings. The Morgan fingerprint density at radius 2 is 1.59 bits per heavy atom. The maximum Gasteiger partial charge on any atom is 0.240 e. The van der Waals surface area contributed by atoms with E-state index >= 15 is 0 Å². The lowest BCUT2D eigenvalue weighted by atomic mass is 10.0. The molecule has 142 valence electrons. The average molecular weight is 368 g/mol. The Morgan fingerprint density at radius 3 is 2.15 bits per heavy atom. The number of nitrogens with one attached hydrogen (secondary N) is 2. The third kappa shape index (κ3) is 4.18. The first-order valence-corrected chi connectivity index (χ1v) is 9.24. The van der Waals surface area contributed by atoms with Gasteiger partial charge < -0.3 is 10.6 Å². The van der Waals surface area contributed by atoms with E-state index in [0.717, 1.165) is 27.9 Å². The van der Waals surface area contributed by atoms with Crippen molar-refractivity contribution in [2.24, 2.45) is 5.41 Å². The van der Waals surface area contributed by atoms with E-state index in [1.54, 1.807) is 12.1 Å². The maximum atomic E-state index is 12.9. The Balaban J connectivity index is 1.60. The van der Waals surface area contributed by atoms with Gasteiger partial charge in [-0.3, -0.25) is 9.59 Å². The van der Waals surface area contributed by atoms with E-state index < -0.39 is 5.41 Å². The third-order valence-electron chi connectivity index (χ3n) is 5.15. The van der Waals surface area contributed by atoms with Gasteiger partial charge in [0, 0.05) is 12.2 Å². The zero-order valence-electron chi connectivity index (χ0n) is 16.0. The minimum atomic E-state index is -0.966. The highest BCUT2D eigenvalue weighted by molar-refractivity contribution is 6.13. The molecule has 2 amide bonds. The van der Waals surface area contributed by atoms with Gasteiger partial charge in [0.15, 0.2) is 0 Å². The standard InChI is InChI=1S/C22H25FN2O2/c1-14-12-15(2)19(16(3)13-14)25-21(27)22(9-10-22)20(26)24-11-8-17-4-6-18(23)7-5-17/h4-7,12-13H,8-11H2,1-3H3,(H,24,26)(H,25,27). The van der Waals surface area contributed by atoms with Gasteiger partial charge in [0.1, 0.15) is 11.2 Å². The monoisotopic (exact) mass is 368 g/mol. The van der Waals surface area contributed by atoms with Crippen LogP contribution in [-0.2, 0) is 16.0 Å². The molecule has 0 atom stereocenters. The molecular weight excluding hydrogens is 343 g/mol. The number of hydrogen-bond acceptors (Lipinski definition) is 2. The predicted molar refractivity (Wildman–Crippen MR) is 104 cm³/mol. The van der Waals surface area contributed by atoms with E-state index in [-0.39, 0.29) is 17.6 Å². The van der Waals surface area contributed by atoms with Crippen molar-refractivity contribution in [3.63, 3.8) is 0 Å². The van der Waals surface area contributed by atoms with Crippen LogP contribution in [0.4, 0.5) is 10.1 Å². The van der Waals surface area contributed by atoms with Gasteiger partial charge in [-0.1, -0.05) is 29.8 Å². The number of benzene rings is 2. The first-order chi connectivity index (χ1) is 12.8. The second-order valence-electron chi connectivity index (χ2n) is 7.44. The maximum absolute atomic E-state index is 12.9. The quantitative estimate of drug-likeness (QED) is 0.762. The molecule has 1 saturated carbocycles. The van der Waals surface area contributed by atoms with Crippen LogP contribution in [0.5, 0.6) is 0 Å². The van der Waals surface area contributed by atoms with E-state index in [1.807, 2.05) is 32.9 Å². The number of rotatable bonds is 6. The van der Waals surface area contributed by atoms with Crippen LogP contribution in [-0.4, -0.2) is 18.4 Å². The molecule has 1 aliphatic rings. The highest BCUT2D eigenvalue weighted by atomic mass is 19.1. The van der Waals surface area contributed by atoms with Gasteiger partial charge in [-0.05, 0) is 68.9 Å². The molecule has 2 aromatic carbocycles. The van der Waals surface area contributed by atoms with Crippen LogP contribution in [0.1, 0.15) is 35.1 Å². The predicted octanol–water partition coefficient (Wildman–Crippen LogP) is 3.83. The zero-order chi connectivity index (χ0) is 19.6. The van der Waals surface area contributed by atoms with Crippen LogP contribution in [0.15, 0.2) is 36.4 Å². The van der Waals surface area contributed by atoms with Crippen molar-refractivity contribution in [1.29, 1.82) is 0 Å². The van der Waals surface area contributed by atoms with Gasteiger partial charge in [-0.2, -0.15) is 0 Å². The fraction of sp³-hybridized carbons (Fsp3) is 0.364. The molecule has 0 aliphatic heterocycles. The highest BCUT2D eigenvalue weighted by Gasteiger charge is 2.56. The van der Waals surface area contributed by atoms with E-state index in [2.05, 4.69) is 10.6 Å². The molecule has 0 radical (unpaired) electrons. The molecule has 1 aliphatic carbocycles. The van der Waals surface area contributed by atoms with Crippen molar-refractivity contribution in [2.45, 2.75) is 40.0 Å². The summed E-state index contributed by atoms with van der Waals surface area (Å²) in [7, 11) is 0. The summed E-state index contributed by atoms with van der Waals surface area (Å²) < 4.78 is 12.9. The molecule has 0 heterocycles. The van der Waals surface area contributed by atoms with Crippen LogP contribution < -0.4 is 10.6 Å². The molecule has 0 unspecified atom stereocenters. The Labute approximate surface area is 159 Å². The zero-order valence-corrected chi connectivity index (χ0v) is 16.0. The fourth-order valence-corrected chi connectivity index (χ4v) is 3.43. The molecule has 4 nitrogen and oxygen atoms in total. The van der Waals surface area contributed by atoms with E-state index in [9.17, 15) is 14.0 Å². The summed E-state index contributed by atoms with van der Waals surface area (Å²) in [5.74, 6) is -0.751. The lowest BCUT2D eigenvalue weighted by Gasteiger charge is -2.18. The van der Waals surface area contributed by atoms with Crippen molar-refractivity contribution >= 4 is 17.5 Å². The number of anilines is 1. The number of halogens is 1. The van der Waals surface area contributed by atoms with Crippen LogP contribution in [0.2, 0.25) is 0 Å². The highest BCUT2D eigenvalue weighted by Crippen LogP contribution is 2.47. The first-order valence-electron chi connectivity index (χ1n) is 9.24. The van der Waals surface area contributed by atoms with Crippen LogP contribution in [0, 0.1) is 32.0 Å². The van der Waals surface area contributed by atoms with Crippen molar-refractivity contribution in [3.8, 4) is 0 Å². The molecule has 0 saturated heterocycles. The van der Waals surface area contributed by atoms with Crippen molar-refractivity contribution in [3.05, 3.63) is 64.5 Å². The molecule has 0 spiro atoms. The minimum absolute atomic E-state index is 0.232. The van der Waals surface area contributed by atoms with Crippen molar-refractivity contribution < 1.29 is 14.0 Å². The Hall–Kier alpha value is -2.69. The minimum Gasteiger partial charge on any atom is -0.355 e. The largest absolute Gasteiger partial charge is 0.355 e. The topological polar surface area (TPSA) is 58.2 Å². The summed E-state index contributed by atoms with van der Waals surface area (Å²) in [6.45, 7) is 6.35. The summed E-state index contributed by atoms with van der Waals surface area (Å²) in [5.41, 5.74) is 3.89. The average Bonchev–Trinajstić information content (AvgIpc) is 3.41. The summed E-state index contributed by atoms with van der Waals surface area (Å²) in [6, 6.07) is 10.2. The molecule has 27 heavy (non-hydrogen) atoms. The van der Waals surface area contributed by atoms with Crippen molar-refractivity contribution in [1.82, 2.24) is 5.32 Å². The van der Waals surface area contributed by atoms with Crippen LogP contribution in [0.3, 0.4) is 0 Å². The van der Waals surface area contributed by atoms with Gasteiger partial charge in [0.05, 0.1) is 0 Å². The lowest BCUT2D eigenvalue weighted by Crippen LogP contribution is -2.40. The van der Waals surface area contributed by atoms with Gasteiger partial charge in [-0.25, -0.2) is 4.39 Å². The number of hydrogen-bond donors (Lipinski definition) is 2. The molecule has 3 rings (SSSR count).